The molecule has 118 valence electrons. The standard InChI is InChI=1S/C15H13ClN4OS2/c1-9(14(21)17-11-5-2-4-10(16)8-11)23-15-18-13(19-20-15)12-6-3-7-22-12/h2-9H,1H3,(H,17,21)(H,18,19,20). The molecule has 1 atom stereocenters. The molecule has 5 nitrogen and oxygen atoms in total. The van der Waals surface area contributed by atoms with E-state index >= 15 is 0 Å². The molecule has 1 aromatic carbocycles. The van der Waals surface area contributed by atoms with Crippen LogP contribution < -0.4 is 5.32 Å². The lowest BCUT2D eigenvalue weighted by molar-refractivity contribution is -0.115. The van der Waals surface area contributed by atoms with Crippen LogP contribution in [0.1, 0.15) is 6.92 Å². The highest BCUT2D eigenvalue weighted by Crippen LogP contribution is 2.26. The number of thioether (sulfide) groups is 1. The van der Waals surface area contributed by atoms with Crippen molar-refractivity contribution in [3.63, 3.8) is 0 Å². The fourth-order valence-corrected chi connectivity index (χ4v) is 3.42. The van der Waals surface area contributed by atoms with E-state index < -0.39 is 0 Å². The highest BCUT2D eigenvalue weighted by atomic mass is 35.5. The molecular weight excluding hydrogens is 352 g/mol. The lowest BCUT2D eigenvalue weighted by atomic mass is 10.3. The Balaban J connectivity index is 1.62. The summed E-state index contributed by atoms with van der Waals surface area (Å²) in [5.74, 6) is 0.588. The molecule has 0 saturated heterocycles. The summed E-state index contributed by atoms with van der Waals surface area (Å²) < 4.78 is 0. The summed E-state index contributed by atoms with van der Waals surface area (Å²) in [7, 11) is 0. The van der Waals surface area contributed by atoms with E-state index in [9.17, 15) is 4.79 Å². The summed E-state index contributed by atoms with van der Waals surface area (Å²) in [6.45, 7) is 1.81. The Hall–Kier alpha value is -1.83. The van der Waals surface area contributed by atoms with Crippen LogP contribution in [-0.2, 0) is 4.79 Å². The van der Waals surface area contributed by atoms with Gasteiger partial charge in [0, 0.05) is 10.7 Å². The van der Waals surface area contributed by atoms with Crippen LogP contribution in [0.2, 0.25) is 5.02 Å². The third-order valence-corrected chi connectivity index (χ3v) is 5.04. The number of H-pyrrole nitrogens is 1. The predicted octanol–water partition coefficient (Wildman–Crippen LogP) is 4.31. The third-order valence-electron chi connectivity index (χ3n) is 2.96. The third kappa shape index (κ3) is 4.13. The number of rotatable bonds is 5. The van der Waals surface area contributed by atoms with Gasteiger partial charge >= 0.3 is 0 Å². The zero-order chi connectivity index (χ0) is 16.2. The highest BCUT2D eigenvalue weighted by Gasteiger charge is 2.18. The zero-order valence-corrected chi connectivity index (χ0v) is 14.5. The zero-order valence-electron chi connectivity index (χ0n) is 12.1. The molecule has 0 fully saturated rings. The number of anilines is 1. The molecule has 3 rings (SSSR count). The van der Waals surface area contributed by atoms with E-state index in [-0.39, 0.29) is 11.2 Å². The minimum Gasteiger partial charge on any atom is -0.325 e. The molecule has 0 spiro atoms. The van der Waals surface area contributed by atoms with Crippen LogP contribution in [0, 0.1) is 0 Å². The molecule has 0 saturated carbocycles. The van der Waals surface area contributed by atoms with Gasteiger partial charge in [-0.1, -0.05) is 35.5 Å². The van der Waals surface area contributed by atoms with Crippen LogP contribution in [0.4, 0.5) is 5.69 Å². The van der Waals surface area contributed by atoms with E-state index in [1.807, 2.05) is 24.4 Å². The second-order valence-corrected chi connectivity index (χ2v) is 7.40. The van der Waals surface area contributed by atoms with Gasteiger partial charge in [0.25, 0.3) is 0 Å². The van der Waals surface area contributed by atoms with E-state index in [0.717, 1.165) is 4.88 Å². The summed E-state index contributed by atoms with van der Waals surface area (Å²) in [5.41, 5.74) is 0.671. The molecule has 8 heteroatoms. The van der Waals surface area contributed by atoms with Crippen molar-refractivity contribution in [3.05, 3.63) is 46.8 Å². The fraction of sp³-hybridized carbons (Fsp3) is 0.133. The number of halogens is 1. The Labute approximate surface area is 146 Å². The number of carbonyl (C=O) groups is 1. The fourth-order valence-electron chi connectivity index (χ4n) is 1.84. The van der Waals surface area contributed by atoms with E-state index in [0.29, 0.717) is 21.7 Å². The predicted molar refractivity (Wildman–Crippen MR) is 95.1 cm³/mol. The van der Waals surface area contributed by atoms with Crippen molar-refractivity contribution in [1.29, 1.82) is 0 Å². The first-order valence-electron chi connectivity index (χ1n) is 6.81. The lowest BCUT2D eigenvalue weighted by Crippen LogP contribution is -2.22. The van der Waals surface area contributed by atoms with Crippen LogP contribution in [0.15, 0.2) is 46.9 Å². The summed E-state index contributed by atoms with van der Waals surface area (Å²) in [4.78, 5) is 17.6. The summed E-state index contributed by atoms with van der Waals surface area (Å²) in [5, 5.41) is 12.6. The van der Waals surface area contributed by atoms with Crippen molar-refractivity contribution in [1.82, 2.24) is 15.2 Å². The van der Waals surface area contributed by atoms with Crippen molar-refractivity contribution in [3.8, 4) is 10.7 Å². The molecule has 0 aliphatic heterocycles. The van der Waals surface area contributed by atoms with E-state index in [1.165, 1.54) is 11.8 Å². The number of hydrogen-bond donors (Lipinski definition) is 2. The van der Waals surface area contributed by atoms with Gasteiger partial charge in [-0.05, 0) is 36.6 Å². The van der Waals surface area contributed by atoms with Gasteiger partial charge in [-0.25, -0.2) is 4.98 Å². The van der Waals surface area contributed by atoms with Gasteiger partial charge in [0.15, 0.2) is 5.82 Å². The number of thiophene rings is 1. The number of aromatic amines is 1. The van der Waals surface area contributed by atoms with Crippen molar-refractivity contribution >= 4 is 46.3 Å². The normalized spacial score (nSPS) is 12.1. The van der Waals surface area contributed by atoms with E-state index in [2.05, 4.69) is 20.5 Å². The van der Waals surface area contributed by atoms with Crippen LogP contribution in [-0.4, -0.2) is 26.3 Å². The molecule has 0 bridgehead atoms. The van der Waals surface area contributed by atoms with Gasteiger partial charge < -0.3 is 5.32 Å². The first-order chi connectivity index (χ1) is 11.1. The lowest BCUT2D eigenvalue weighted by Gasteiger charge is -2.10. The number of benzene rings is 1. The largest absolute Gasteiger partial charge is 0.325 e. The summed E-state index contributed by atoms with van der Waals surface area (Å²) in [6.07, 6.45) is 0. The maximum absolute atomic E-state index is 12.2. The quantitative estimate of drug-likeness (QED) is 0.662. The smallest absolute Gasteiger partial charge is 0.237 e. The summed E-state index contributed by atoms with van der Waals surface area (Å²) >= 11 is 8.79. The van der Waals surface area contributed by atoms with Crippen LogP contribution in [0.25, 0.3) is 10.7 Å². The number of aromatic nitrogens is 3. The van der Waals surface area contributed by atoms with Crippen molar-refractivity contribution < 1.29 is 4.79 Å². The second kappa shape index (κ2) is 7.16. The Morgan fingerprint density at radius 3 is 3.00 bits per heavy atom. The van der Waals surface area contributed by atoms with E-state index in [1.54, 1.807) is 35.6 Å². The molecule has 2 heterocycles. The van der Waals surface area contributed by atoms with Crippen molar-refractivity contribution in [2.45, 2.75) is 17.3 Å². The molecule has 3 aromatic rings. The number of nitrogens with zero attached hydrogens (tertiary/aromatic N) is 2. The van der Waals surface area contributed by atoms with Gasteiger partial charge in [0.1, 0.15) is 0 Å². The van der Waals surface area contributed by atoms with Crippen LogP contribution in [0.3, 0.4) is 0 Å². The molecule has 1 unspecified atom stereocenters. The van der Waals surface area contributed by atoms with Gasteiger partial charge in [0.05, 0.1) is 10.1 Å². The first kappa shape index (κ1) is 16.0. The Kier molecular flexibility index (Phi) is 5.00. The van der Waals surface area contributed by atoms with Crippen molar-refractivity contribution in [2.24, 2.45) is 0 Å². The molecule has 0 aliphatic carbocycles. The van der Waals surface area contributed by atoms with Crippen LogP contribution in [0.5, 0.6) is 0 Å². The molecule has 23 heavy (non-hydrogen) atoms. The minimum atomic E-state index is -0.332. The number of amides is 1. The topological polar surface area (TPSA) is 70.7 Å². The SMILES string of the molecule is CC(Sc1n[nH]c(-c2cccs2)n1)C(=O)Nc1cccc(Cl)c1. The molecule has 2 aromatic heterocycles. The van der Waals surface area contributed by atoms with Crippen LogP contribution >= 0.6 is 34.7 Å². The maximum atomic E-state index is 12.2. The number of nitrogens with one attached hydrogen (secondary N) is 2. The maximum Gasteiger partial charge on any atom is 0.237 e. The number of carbonyl (C=O) groups excluding carboxylic acids is 1. The highest BCUT2D eigenvalue weighted by molar-refractivity contribution is 8.00. The Morgan fingerprint density at radius 2 is 2.26 bits per heavy atom. The molecule has 2 N–H and O–H groups in total. The van der Waals surface area contributed by atoms with Gasteiger partial charge in [0.2, 0.25) is 11.1 Å². The number of hydrogen-bond acceptors (Lipinski definition) is 5. The molecule has 0 aliphatic rings. The molecule has 0 radical (unpaired) electrons. The van der Waals surface area contributed by atoms with Gasteiger partial charge in [-0.3, -0.25) is 9.89 Å². The monoisotopic (exact) mass is 364 g/mol. The second-order valence-electron chi connectivity index (χ2n) is 4.70. The van der Waals surface area contributed by atoms with Gasteiger partial charge in [-0.15, -0.1) is 16.4 Å². The summed E-state index contributed by atoms with van der Waals surface area (Å²) in [6, 6.07) is 11.0. The first-order valence-corrected chi connectivity index (χ1v) is 8.95. The minimum absolute atomic E-state index is 0.125. The molecular formula is C15H13ClN4OS2. The average Bonchev–Trinajstić information content (AvgIpc) is 3.17. The van der Waals surface area contributed by atoms with Gasteiger partial charge in [-0.2, -0.15) is 0 Å². The average molecular weight is 365 g/mol. The van der Waals surface area contributed by atoms with Crippen molar-refractivity contribution in [2.75, 3.05) is 5.32 Å². The Bertz CT molecular complexity index is 803. The molecule has 1 amide bonds. The Morgan fingerprint density at radius 1 is 1.39 bits per heavy atom. The van der Waals surface area contributed by atoms with E-state index in [4.69, 9.17) is 11.6 Å².